The quantitative estimate of drug-likeness (QED) is 0.550. The lowest BCUT2D eigenvalue weighted by Crippen LogP contribution is -2.22. The van der Waals surface area contributed by atoms with Crippen LogP contribution in [0.4, 0.5) is 5.69 Å². The summed E-state index contributed by atoms with van der Waals surface area (Å²) in [5.41, 5.74) is 8.45. The Morgan fingerprint density at radius 2 is 1.64 bits per heavy atom. The van der Waals surface area contributed by atoms with Gasteiger partial charge >= 0.3 is 0 Å². The molecule has 4 rings (SSSR count). The molecular formula is C20H14ClN3O. The van der Waals surface area contributed by atoms with Crippen LogP contribution in [0.3, 0.4) is 0 Å². The van der Waals surface area contributed by atoms with Gasteiger partial charge in [0.25, 0.3) is 5.56 Å². The predicted octanol–water partition coefficient (Wildman–Crippen LogP) is 4.29. The lowest BCUT2D eigenvalue weighted by atomic mass is 10.1. The average molecular weight is 348 g/mol. The molecule has 0 aliphatic carbocycles. The standard InChI is InChI=1S/C20H14ClN3O/c21-14-10-11-15-17(12-14)23-19(13-6-2-1-3-7-13)24(20(15)25)18-9-5-4-8-16(18)22/h1-12H,22H2. The number of fused-ring (bicyclic) bond motifs is 1. The van der Waals surface area contributed by atoms with Gasteiger partial charge in [0.2, 0.25) is 0 Å². The molecule has 0 aliphatic rings. The van der Waals surface area contributed by atoms with E-state index in [1.807, 2.05) is 48.5 Å². The molecule has 4 nitrogen and oxygen atoms in total. The number of nitrogen functional groups attached to an aromatic ring is 1. The largest absolute Gasteiger partial charge is 0.397 e. The van der Waals surface area contributed by atoms with Crippen molar-refractivity contribution in [3.8, 4) is 17.1 Å². The second-order valence-electron chi connectivity index (χ2n) is 5.66. The van der Waals surface area contributed by atoms with Crippen molar-refractivity contribution in [3.63, 3.8) is 0 Å². The van der Waals surface area contributed by atoms with Gasteiger partial charge in [-0.1, -0.05) is 54.1 Å². The van der Waals surface area contributed by atoms with Crippen molar-refractivity contribution in [3.05, 3.63) is 88.2 Å². The SMILES string of the molecule is Nc1ccccc1-n1c(-c2ccccc2)nc2cc(Cl)ccc2c1=O. The van der Waals surface area contributed by atoms with E-state index in [1.165, 1.54) is 0 Å². The zero-order valence-corrected chi connectivity index (χ0v) is 13.9. The molecule has 1 heterocycles. The summed E-state index contributed by atoms with van der Waals surface area (Å²) in [6.07, 6.45) is 0. The summed E-state index contributed by atoms with van der Waals surface area (Å²) in [6, 6.07) is 21.9. The van der Waals surface area contributed by atoms with E-state index in [9.17, 15) is 4.79 Å². The van der Waals surface area contributed by atoms with Crippen LogP contribution in [0.1, 0.15) is 0 Å². The van der Waals surface area contributed by atoms with Crippen molar-refractivity contribution < 1.29 is 0 Å². The Morgan fingerprint density at radius 3 is 2.40 bits per heavy atom. The van der Waals surface area contributed by atoms with Gasteiger partial charge in [0.05, 0.1) is 22.3 Å². The van der Waals surface area contributed by atoms with Gasteiger partial charge in [0.1, 0.15) is 5.82 Å². The van der Waals surface area contributed by atoms with E-state index in [0.29, 0.717) is 33.1 Å². The molecule has 122 valence electrons. The van der Waals surface area contributed by atoms with E-state index < -0.39 is 0 Å². The highest BCUT2D eigenvalue weighted by Crippen LogP contribution is 2.25. The highest BCUT2D eigenvalue weighted by molar-refractivity contribution is 6.31. The predicted molar refractivity (Wildman–Crippen MR) is 102 cm³/mol. The van der Waals surface area contributed by atoms with E-state index >= 15 is 0 Å². The van der Waals surface area contributed by atoms with Crippen LogP contribution < -0.4 is 11.3 Å². The number of benzene rings is 3. The Kier molecular flexibility index (Phi) is 3.75. The Balaban J connectivity index is 2.16. The average Bonchev–Trinajstić information content (AvgIpc) is 2.63. The van der Waals surface area contributed by atoms with E-state index in [-0.39, 0.29) is 5.56 Å². The molecule has 5 heteroatoms. The topological polar surface area (TPSA) is 60.9 Å². The third-order valence-electron chi connectivity index (χ3n) is 4.04. The van der Waals surface area contributed by atoms with Crippen LogP contribution >= 0.6 is 11.6 Å². The van der Waals surface area contributed by atoms with Crippen molar-refractivity contribution in [2.45, 2.75) is 0 Å². The molecule has 0 saturated carbocycles. The van der Waals surface area contributed by atoms with Crippen LogP contribution in [0.15, 0.2) is 77.6 Å². The zero-order valence-electron chi connectivity index (χ0n) is 13.2. The van der Waals surface area contributed by atoms with E-state index in [0.717, 1.165) is 5.56 Å². The van der Waals surface area contributed by atoms with Crippen LogP contribution in [0, 0.1) is 0 Å². The fourth-order valence-corrected chi connectivity index (χ4v) is 3.02. The zero-order chi connectivity index (χ0) is 17.4. The van der Waals surface area contributed by atoms with E-state index in [1.54, 1.807) is 28.8 Å². The molecule has 4 aromatic rings. The normalized spacial score (nSPS) is 10.9. The Bertz CT molecular complexity index is 1140. The summed E-state index contributed by atoms with van der Waals surface area (Å²) in [5, 5.41) is 1.03. The molecule has 0 unspecified atom stereocenters. The fourth-order valence-electron chi connectivity index (χ4n) is 2.85. The molecule has 0 aliphatic heterocycles. The number of halogens is 1. The van der Waals surface area contributed by atoms with E-state index in [4.69, 9.17) is 22.3 Å². The number of rotatable bonds is 2. The monoisotopic (exact) mass is 347 g/mol. The second-order valence-corrected chi connectivity index (χ2v) is 6.10. The number of aromatic nitrogens is 2. The van der Waals surface area contributed by atoms with Crippen molar-refractivity contribution >= 4 is 28.2 Å². The third-order valence-corrected chi connectivity index (χ3v) is 4.28. The first kappa shape index (κ1) is 15.4. The summed E-state index contributed by atoms with van der Waals surface area (Å²) in [4.78, 5) is 17.9. The third kappa shape index (κ3) is 2.66. The number of para-hydroxylation sites is 2. The van der Waals surface area contributed by atoms with Gasteiger partial charge in [-0.05, 0) is 30.3 Å². The fraction of sp³-hybridized carbons (Fsp3) is 0. The summed E-state index contributed by atoms with van der Waals surface area (Å²) in [5.74, 6) is 0.526. The van der Waals surface area contributed by atoms with E-state index in [2.05, 4.69) is 0 Å². The molecule has 2 N–H and O–H groups in total. The highest BCUT2D eigenvalue weighted by atomic mass is 35.5. The number of nitrogens with two attached hydrogens (primary N) is 1. The summed E-state index contributed by atoms with van der Waals surface area (Å²) in [7, 11) is 0. The molecule has 0 bridgehead atoms. The van der Waals surface area contributed by atoms with Gasteiger partial charge in [-0.3, -0.25) is 9.36 Å². The number of anilines is 1. The summed E-state index contributed by atoms with van der Waals surface area (Å²) >= 11 is 6.08. The lowest BCUT2D eigenvalue weighted by molar-refractivity contribution is 0.978. The van der Waals surface area contributed by atoms with Crippen LogP contribution in [0.25, 0.3) is 28.0 Å². The van der Waals surface area contributed by atoms with Crippen LogP contribution in [0.5, 0.6) is 0 Å². The van der Waals surface area contributed by atoms with Gasteiger partial charge in [0.15, 0.2) is 0 Å². The molecule has 1 aromatic heterocycles. The molecule has 25 heavy (non-hydrogen) atoms. The van der Waals surface area contributed by atoms with Crippen LogP contribution in [0.2, 0.25) is 5.02 Å². The van der Waals surface area contributed by atoms with Gasteiger partial charge in [0, 0.05) is 10.6 Å². The number of hydrogen-bond acceptors (Lipinski definition) is 3. The van der Waals surface area contributed by atoms with Gasteiger partial charge in [-0.25, -0.2) is 4.98 Å². The maximum Gasteiger partial charge on any atom is 0.266 e. The van der Waals surface area contributed by atoms with Gasteiger partial charge < -0.3 is 5.73 Å². The summed E-state index contributed by atoms with van der Waals surface area (Å²) < 4.78 is 1.56. The van der Waals surface area contributed by atoms with Gasteiger partial charge in [-0.15, -0.1) is 0 Å². The molecule has 0 atom stereocenters. The van der Waals surface area contributed by atoms with Crippen molar-refractivity contribution in [2.75, 3.05) is 5.73 Å². The van der Waals surface area contributed by atoms with Crippen LogP contribution in [-0.2, 0) is 0 Å². The van der Waals surface area contributed by atoms with Crippen molar-refractivity contribution in [1.82, 2.24) is 9.55 Å². The smallest absolute Gasteiger partial charge is 0.266 e. The Hall–Kier alpha value is -3.11. The molecule has 0 radical (unpaired) electrons. The van der Waals surface area contributed by atoms with Crippen molar-refractivity contribution in [2.24, 2.45) is 0 Å². The number of hydrogen-bond donors (Lipinski definition) is 1. The lowest BCUT2D eigenvalue weighted by Gasteiger charge is -2.15. The Labute approximate surface area is 149 Å². The first-order valence-electron chi connectivity index (χ1n) is 7.78. The van der Waals surface area contributed by atoms with Crippen LogP contribution in [-0.4, -0.2) is 9.55 Å². The maximum absolute atomic E-state index is 13.2. The molecule has 3 aromatic carbocycles. The maximum atomic E-state index is 13.2. The molecule has 0 amide bonds. The molecule has 0 saturated heterocycles. The van der Waals surface area contributed by atoms with Gasteiger partial charge in [-0.2, -0.15) is 0 Å². The minimum atomic E-state index is -0.182. The molecule has 0 spiro atoms. The minimum Gasteiger partial charge on any atom is -0.397 e. The number of nitrogens with zero attached hydrogens (tertiary/aromatic N) is 2. The minimum absolute atomic E-state index is 0.182. The second kappa shape index (κ2) is 6.07. The first-order valence-corrected chi connectivity index (χ1v) is 8.15. The first-order chi connectivity index (χ1) is 12.1. The summed E-state index contributed by atoms with van der Waals surface area (Å²) in [6.45, 7) is 0. The van der Waals surface area contributed by atoms with Crippen molar-refractivity contribution in [1.29, 1.82) is 0 Å². The Morgan fingerprint density at radius 1 is 0.920 bits per heavy atom. The molecular weight excluding hydrogens is 334 g/mol. The molecule has 0 fully saturated rings. The highest BCUT2D eigenvalue weighted by Gasteiger charge is 2.16.